The molecular formula is C20H21N5O2. The predicted molar refractivity (Wildman–Crippen MR) is 103 cm³/mol. The van der Waals surface area contributed by atoms with Crippen molar-refractivity contribution in [3.63, 3.8) is 0 Å². The van der Waals surface area contributed by atoms with Gasteiger partial charge in [0.1, 0.15) is 11.4 Å². The Balaban J connectivity index is 1.41. The molecule has 138 valence electrons. The molecule has 7 heteroatoms. The van der Waals surface area contributed by atoms with Crippen molar-refractivity contribution in [3.8, 4) is 17.0 Å². The van der Waals surface area contributed by atoms with Crippen molar-refractivity contribution in [3.05, 3.63) is 60.6 Å². The Hall–Kier alpha value is -3.35. The number of anilines is 1. The summed E-state index contributed by atoms with van der Waals surface area (Å²) in [7, 11) is 1.63. The number of rotatable bonds is 4. The van der Waals surface area contributed by atoms with E-state index in [1.807, 2.05) is 47.5 Å². The van der Waals surface area contributed by atoms with Crippen molar-refractivity contribution in [1.29, 1.82) is 0 Å². The highest BCUT2D eigenvalue weighted by Gasteiger charge is 2.23. The van der Waals surface area contributed by atoms with Crippen LogP contribution in [0.15, 0.2) is 54.9 Å². The van der Waals surface area contributed by atoms with E-state index in [-0.39, 0.29) is 5.91 Å². The number of carbonyl (C=O) groups excluding carboxylic acids is 1. The summed E-state index contributed by atoms with van der Waals surface area (Å²) < 4.78 is 5.17. The molecular weight excluding hydrogens is 342 g/mol. The molecule has 3 heterocycles. The lowest BCUT2D eigenvalue weighted by Gasteiger charge is -2.35. The highest BCUT2D eigenvalue weighted by molar-refractivity contribution is 5.93. The third kappa shape index (κ3) is 3.62. The molecule has 1 N–H and O–H groups in total. The topological polar surface area (TPSA) is 74.3 Å². The molecule has 1 amide bonds. The standard InChI is InChI=1S/C20H21N5O2/c1-27-17-6-4-15(5-7-17)18-13-19(23-22-18)20(26)25-11-9-24(10-12-25)16-3-2-8-21-14-16/h2-8,13-14H,9-12H2,1H3,(H,22,23). The number of pyridine rings is 1. The fourth-order valence-corrected chi connectivity index (χ4v) is 3.22. The summed E-state index contributed by atoms with van der Waals surface area (Å²) in [5.74, 6) is 0.769. The lowest BCUT2D eigenvalue weighted by atomic mass is 10.1. The van der Waals surface area contributed by atoms with Gasteiger partial charge in [0.2, 0.25) is 0 Å². The van der Waals surface area contributed by atoms with Gasteiger partial charge in [0.15, 0.2) is 0 Å². The molecule has 1 saturated heterocycles. The highest BCUT2D eigenvalue weighted by atomic mass is 16.5. The summed E-state index contributed by atoms with van der Waals surface area (Å²) in [5.41, 5.74) is 3.28. The molecule has 0 saturated carbocycles. The minimum Gasteiger partial charge on any atom is -0.497 e. The number of methoxy groups -OCH3 is 1. The number of H-pyrrole nitrogens is 1. The number of carbonyl (C=O) groups is 1. The number of nitrogens with one attached hydrogen (secondary N) is 1. The minimum absolute atomic E-state index is 0.0203. The normalized spacial score (nSPS) is 14.3. The lowest BCUT2D eigenvalue weighted by Crippen LogP contribution is -2.48. The first-order valence-corrected chi connectivity index (χ1v) is 8.88. The first kappa shape index (κ1) is 17.1. The van der Waals surface area contributed by atoms with E-state index in [1.54, 1.807) is 19.4 Å². The molecule has 1 aliphatic rings. The summed E-state index contributed by atoms with van der Waals surface area (Å²) in [4.78, 5) is 21.1. The molecule has 0 radical (unpaired) electrons. The third-order valence-electron chi connectivity index (χ3n) is 4.77. The van der Waals surface area contributed by atoms with Crippen LogP contribution in [0.2, 0.25) is 0 Å². The van der Waals surface area contributed by atoms with Gasteiger partial charge >= 0.3 is 0 Å². The Morgan fingerprint density at radius 1 is 1.11 bits per heavy atom. The number of piperazine rings is 1. The molecule has 27 heavy (non-hydrogen) atoms. The Labute approximate surface area is 157 Å². The van der Waals surface area contributed by atoms with Gasteiger partial charge in [0.05, 0.1) is 24.7 Å². The maximum atomic E-state index is 12.8. The number of aromatic amines is 1. The van der Waals surface area contributed by atoms with Crippen molar-refractivity contribution >= 4 is 11.6 Å². The third-order valence-corrected chi connectivity index (χ3v) is 4.77. The van der Waals surface area contributed by atoms with E-state index in [0.717, 1.165) is 35.8 Å². The van der Waals surface area contributed by atoms with Crippen LogP contribution in [0.25, 0.3) is 11.3 Å². The molecule has 7 nitrogen and oxygen atoms in total. The van der Waals surface area contributed by atoms with Crippen LogP contribution in [-0.2, 0) is 0 Å². The van der Waals surface area contributed by atoms with Crippen molar-refractivity contribution in [2.75, 3.05) is 38.2 Å². The SMILES string of the molecule is COc1ccc(-c2cc(C(=O)N3CCN(c4cccnc4)CC3)[nH]n2)cc1. The van der Waals surface area contributed by atoms with Gasteiger partial charge in [-0.25, -0.2) is 0 Å². The van der Waals surface area contributed by atoms with Gasteiger partial charge < -0.3 is 14.5 Å². The maximum Gasteiger partial charge on any atom is 0.272 e. The predicted octanol–water partition coefficient (Wildman–Crippen LogP) is 2.44. The van der Waals surface area contributed by atoms with Crippen LogP contribution in [0.4, 0.5) is 5.69 Å². The largest absolute Gasteiger partial charge is 0.497 e. The second-order valence-electron chi connectivity index (χ2n) is 6.39. The second-order valence-corrected chi connectivity index (χ2v) is 6.39. The molecule has 2 aromatic heterocycles. The van der Waals surface area contributed by atoms with Crippen LogP contribution < -0.4 is 9.64 Å². The summed E-state index contributed by atoms with van der Waals surface area (Å²) in [6.45, 7) is 2.92. The van der Waals surface area contributed by atoms with E-state index in [1.165, 1.54) is 0 Å². The van der Waals surface area contributed by atoms with Crippen LogP contribution in [0.1, 0.15) is 10.5 Å². The molecule has 0 atom stereocenters. The summed E-state index contributed by atoms with van der Waals surface area (Å²) in [6.07, 6.45) is 3.62. The molecule has 4 rings (SSSR count). The zero-order valence-electron chi connectivity index (χ0n) is 15.1. The quantitative estimate of drug-likeness (QED) is 0.771. The summed E-state index contributed by atoms with van der Waals surface area (Å²) in [5, 5.41) is 7.17. The first-order chi connectivity index (χ1) is 13.2. The van der Waals surface area contributed by atoms with Gasteiger partial charge in [0.25, 0.3) is 5.91 Å². The van der Waals surface area contributed by atoms with Crippen molar-refractivity contribution < 1.29 is 9.53 Å². The van der Waals surface area contributed by atoms with E-state index < -0.39 is 0 Å². The van der Waals surface area contributed by atoms with E-state index in [2.05, 4.69) is 20.1 Å². The number of hydrogen-bond acceptors (Lipinski definition) is 5. The molecule has 3 aromatic rings. The van der Waals surface area contributed by atoms with Gasteiger partial charge in [-0.15, -0.1) is 0 Å². The van der Waals surface area contributed by atoms with E-state index >= 15 is 0 Å². The van der Waals surface area contributed by atoms with E-state index in [0.29, 0.717) is 18.8 Å². The summed E-state index contributed by atoms with van der Waals surface area (Å²) >= 11 is 0. The Kier molecular flexibility index (Phi) is 4.74. The zero-order chi connectivity index (χ0) is 18.6. The molecule has 0 unspecified atom stereocenters. The van der Waals surface area contributed by atoms with Gasteiger partial charge in [-0.3, -0.25) is 14.9 Å². The van der Waals surface area contributed by atoms with Gasteiger partial charge in [0, 0.05) is 37.9 Å². The van der Waals surface area contributed by atoms with Gasteiger partial charge in [-0.1, -0.05) is 0 Å². The highest BCUT2D eigenvalue weighted by Crippen LogP contribution is 2.22. The van der Waals surface area contributed by atoms with Crippen molar-refractivity contribution in [2.45, 2.75) is 0 Å². The number of amides is 1. The van der Waals surface area contributed by atoms with Crippen molar-refractivity contribution in [2.24, 2.45) is 0 Å². The Morgan fingerprint density at radius 2 is 1.89 bits per heavy atom. The Morgan fingerprint density at radius 3 is 2.56 bits per heavy atom. The lowest BCUT2D eigenvalue weighted by molar-refractivity contribution is 0.0741. The average Bonchev–Trinajstić information content (AvgIpc) is 3.24. The molecule has 1 aliphatic heterocycles. The number of nitrogens with zero attached hydrogens (tertiary/aromatic N) is 4. The van der Waals surface area contributed by atoms with Crippen LogP contribution in [0.5, 0.6) is 5.75 Å². The number of benzene rings is 1. The fraction of sp³-hybridized carbons (Fsp3) is 0.250. The first-order valence-electron chi connectivity index (χ1n) is 8.88. The van der Waals surface area contributed by atoms with E-state index in [4.69, 9.17) is 4.74 Å². The molecule has 1 fully saturated rings. The zero-order valence-corrected chi connectivity index (χ0v) is 15.1. The number of aromatic nitrogens is 3. The fourth-order valence-electron chi connectivity index (χ4n) is 3.22. The van der Waals surface area contributed by atoms with Gasteiger partial charge in [-0.2, -0.15) is 5.10 Å². The van der Waals surface area contributed by atoms with Crippen molar-refractivity contribution in [1.82, 2.24) is 20.1 Å². The van der Waals surface area contributed by atoms with Crippen LogP contribution in [0.3, 0.4) is 0 Å². The molecule has 1 aromatic carbocycles. The smallest absolute Gasteiger partial charge is 0.272 e. The van der Waals surface area contributed by atoms with Crippen LogP contribution >= 0.6 is 0 Å². The second kappa shape index (κ2) is 7.49. The number of ether oxygens (including phenoxy) is 1. The van der Waals surface area contributed by atoms with E-state index in [9.17, 15) is 4.79 Å². The average molecular weight is 363 g/mol. The number of hydrogen-bond donors (Lipinski definition) is 1. The maximum absolute atomic E-state index is 12.8. The molecule has 0 spiro atoms. The molecule has 0 aliphatic carbocycles. The Bertz CT molecular complexity index is 900. The van der Waals surface area contributed by atoms with Crippen LogP contribution in [-0.4, -0.2) is 59.3 Å². The monoisotopic (exact) mass is 363 g/mol. The van der Waals surface area contributed by atoms with Crippen LogP contribution in [0, 0.1) is 0 Å². The summed E-state index contributed by atoms with van der Waals surface area (Å²) in [6, 6.07) is 13.4. The van der Waals surface area contributed by atoms with Gasteiger partial charge in [-0.05, 0) is 42.5 Å². The molecule has 0 bridgehead atoms. The minimum atomic E-state index is -0.0203.